The van der Waals surface area contributed by atoms with Crippen LogP contribution in [0.4, 0.5) is 0 Å². The number of rotatable bonds is 2. The normalized spacial score (nSPS) is 10.6. The third-order valence-electron chi connectivity index (χ3n) is 1.98. The second-order valence-corrected chi connectivity index (χ2v) is 4.01. The summed E-state index contributed by atoms with van der Waals surface area (Å²) in [5, 5.41) is 5.39. The van der Waals surface area contributed by atoms with E-state index >= 15 is 0 Å². The van der Waals surface area contributed by atoms with Crippen LogP contribution in [0.2, 0.25) is 10.2 Å². The maximum Gasteiger partial charge on any atom is 0.129 e. The highest BCUT2D eigenvalue weighted by Crippen LogP contribution is 2.13. The average Bonchev–Trinajstić information content (AvgIpc) is 2.45. The second kappa shape index (κ2) is 4.21. The van der Waals surface area contributed by atoms with Crippen LogP contribution in [0.5, 0.6) is 0 Å². The van der Waals surface area contributed by atoms with Gasteiger partial charge in [-0.1, -0.05) is 29.3 Å². The molecule has 0 unspecified atom stereocenters. The molecule has 2 rings (SSSR count). The zero-order valence-corrected chi connectivity index (χ0v) is 9.63. The molecule has 2 aromatic rings. The lowest BCUT2D eigenvalue weighted by molar-refractivity contribution is 0.666. The summed E-state index contributed by atoms with van der Waals surface area (Å²) in [7, 11) is 0. The molecule has 3 nitrogen and oxygen atoms in total. The first-order chi connectivity index (χ1) is 7.15. The Labute approximate surface area is 97.7 Å². The quantitative estimate of drug-likeness (QED) is 0.758. The molecule has 0 bridgehead atoms. The maximum absolute atomic E-state index is 5.90. The number of hydrogen-bond donors (Lipinski definition) is 0. The molecule has 78 valence electrons. The number of aryl methyl sites for hydroxylation is 1. The van der Waals surface area contributed by atoms with Gasteiger partial charge in [-0.15, -0.1) is 0 Å². The molecule has 0 radical (unpaired) electrons. The van der Waals surface area contributed by atoms with E-state index in [9.17, 15) is 0 Å². The van der Waals surface area contributed by atoms with E-state index in [0.717, 1.165) is 11.4 Å². The molecule has 2 aromatic heterocycles. The molecule has 0 aliphatic heterocycles. The zero-order valence-electron chi connectivity index (χ0n) is 8.11. The molecule has 0 fully saturated rings. The first-order valence-electron chi connectivity index (χ1n) is 4.46. The lowest BCUT2D eigenvalue weighted by Crippen LogP contribution is -2.02. The largest absolute Gasteiger partial charge is 0.265 e. The first kappa shape index (κ1) is 10.5. The Balaban J connectivity index is 2.22. The predicted octanol–water partition coefficient (Wildman–Crippen LogP) is 2.94. The molecule has 0 aliphatic rings. The van der Waals surface area contributed by atoms with Crippen molar-refractivity contribution in [3.63, 3.8) is 0 Å². The molecule has 0 saturated carbocycles. The van der Waals surface area contributed by atoms with Crippen LogP contribution in [0.25, 0.3) is 0 Å². The van der Waals surface area contributed by atoms with Crippen molar-refractivity contribution in [1.29, 1.82) is 0 Å². The van der Waals surface area contributed by atoms with E-state index in [0.29, 0.717) is 16.7 Å². The standard InChI is InChI=1S/C10H9Cl2N3/c1-7-9(11)6-15(14-7)5-8-3-2-4-10(12)13-8/h2-4,6H,5H2,1H3. The topological polar surface area (TPSA) is 30.7 Å². The second-order valence-electron chi connectivity index (χ2n) is 3.21. The van der Waals surface area contributed by atoms with Gasteiger partial charge in [0, 0.05) is 6.20 Å². The van der Waals surface area contributed by atoms with Gasteiger partial charge in [0.05, 0.1) is 23.0 Å². The molecule has 0 aromatic carbocycles. The van der Waals surface area contributed by atoms with Crippen molar-refractivity contribution in [2.75, 3.05) is 0 Å². The summed E-state index contributed by atoms with van der Waals surface area (Å²) in [5.41, 5.74) is 1.68. The van der Waals surface area contributed by atoms with Gasteiger partial charge < -0.3 is 0 Å². The summed E-state index contributed by atoms with van der Waals surface area (Å²) in [6.07, 6.45) is 1.78. The van der Waals surface area contributed by atoms with Crippen LogP contribution in [0, 0.1) is 6.92 Å². The fourth-order valence-corrected chi connectivity index (χ4v) is 1.61. The fraction of sp³-hybridized carbons (Fsp3) is 0.200. The van der Waals surface area contributed by atoms with E-state index in [1.807, 2.05) is 19.1 Å². The molecule has 0 spiro atoms. The Hall–Kier alpha value is -1.06. The summed E-state index contributed by atoms with van der Waals surface area (Å²) in [5.74, 6) is 0. The van der Waals surface area contributed by atoms with Gasteiger partial charge in [0.25, 0.3) is 0 Å². The number of aromatic nitrogens is 3. The van der Waals surface area contributed by atoms with Crippen molar-refractivity contribution < 1.29 is 0 Å². The van der Waals surface area contributed by atoms with Gasteiger partial charge in [0.1, 0.15) is 5.15 Å². The molecule has 0 atom stereocenters. The third kappa shape index (κ3) is 2.49. The third-order valence-corrected chi connectivity index (χ3v) is 2.56. The maximum atomic E-state index is 5.90. The highest BCUT2D eigenvalue weighted by molar-refractivity contribution is 6.31. The minimum Gasteiger partial charge on any atom is -0.265 e. The van der Waals surface area contributed by atoms with Crippen LogP contribution < -0.4 is 0 Å². The summed E-state index contributed by atoms with van der Waals surface area (Å²) in [6.45, 7) is 2.44. The molecule has 0 saturated heterocycles. The van der Waals surface area contributed by atoms with E-state index in [1.54, 1.807) is 16.9 Å². The Morgan fingerprint density at radius 2 is 2.13 bits per heavy atom. The molecule has 15 heavy (non-hydrogen) atoms. The van der Waals surface area contributed by atoms with Crippen molar-refractivity contribution in [2.24, 2.45) is 0 Å². The highest BCUT2D eigenvalue weighted by atomic mass is 35.5. The van der Waals surface area contributed by atoms with Crippen LogP contribution in [0.1, 0.15) is 11.4 Å². The number of halogens is 2. The highest BCUT2D eigenvalue weighted by Gasteiger charge is 2.03. The number of hydrogen-bond acceptors (Lipinski definition) is 2. The van der Waals surface area contributed by atoms with Crippen molar-refractivity contribution >= 4 is 23.2 Å². The fourth-order valence-electron chi connectivity index (χ4n) is 1.28. The van der Waals surface area contributed by atoms with Crippen LogP contribution in [0.15, 0.2) is 24.4 Å². The summed E-state index contributed by atoms with van der Waals surface area (Å²) >= 11 is 11.7. The molecule has 5 heteroatoms. The van der Waals surface area contributed by atoms with Gasteiger partial charge in [-0.3, -0.25) is 4.68 Å². The Morgan fingerprint density at radius 1 is 1.33 bits per heavy atom. The van der Waals surface area contributed by atoms with Crippen LogP contribution in [0.3, 0.4) is 0 Å². The van der Waals surface area contributed by atoms with Crippen molar-refractivity contribution in [2.45, 2.75) is 13.5 Å². The minimum absolute atomic E-state index is 0.488. The van der Waals surface area contributed by atoms with E-state index in [4.69, 9.17) is 23.2 Å². The molecular weight excluding hydrogens is 233 g/mol. The van der Waals surface area contributed by atoms with E-state index in [1.165, 1.54) is 0 Å². The Kier molecular flexibility index (Phi) is 2.93. The summed E-state index contributed by atoms with van der Waals surface area (Å²) < 4.78 is 1.75. The molecule has 0 amide bonds. The van der Waals surface area contributed by atoms with Gasteiger partial charge in [-0.2, -0.15) is 5.10 Å². The van der Waals surface area contributed by atoms with Crippen molar-refractivity contribution in [1.82, 2.24) is 14.8 Å². The van der Waals surface area contributed by atoms with Gasteiger partial charge in [0.2, 0.25) is 0 Å². The minimum atomic E-state index is 0.488. The summed E-state index contributed by atoms with van der Waals surface area (Å²) in [6, 6.07) is 5.51. The lowest BCUT2D eigenvalue weighted by atomic mass is 10.3. The van der Waals surface area contributed by atoms with Crippen molar-refractivity contribution in [3.8, 4) is 0 Å². The van der Waals surface area contributed by atoms with Crippen molar-refractivity contribution in [3.05, 3.63) is 46.0 Å². The monoisotopic (exact) mass is 241 g/mol. The van der Waals surface area contributed by atoms with Crippen LogP contribution >= 0.6 is 23.2 Å². The number of nitrogens with zero attached hydrogens (tertiary/aromatic N) is 3. The molecule has 2 heterocycles. The van der Waals surface area contributed by atoms with Gasteiger partial charge >= 0.3 is 0 Å². The smallest absolute Gasteiger partial charge is 0.129 e. The average molecular weight is 242 g/mol. The lowest BCUT2D eigenvalue weighted by Gasteiger charge is -2.00. The van der Waals surface area contributed by atoms with E-state index < -0.39 is 0 Å². The van der Waals surface area contributed by atoms with Gasteiger partial charge in [-0.05, 0) is 19.1 Å². The van der Waals surface area contributed by atoms with E-state index in [-0.39, 0.29) is 0 Å². The first-order valence-corrected chi connectivity index (χ1v) is 5.22. The van der Waals surface area contributed by atoms with Gasteiger partial charge in [-0.25, -0.2) is 4.98 Å². The molecule has 0 N–H and O–H groups in total. The molecular formula is C10H9Cl2N3. The Morgan fingerprint density at radius 3 is 2.73 bits per heavy atom. The molecule has 0 aliphatic carbocycles. The van der Waals surface area contributed by atoms with E-state index in [2.05, 4.69) is 10.1 Å². The zero-order chi connectivity index (χ0) is 10.8. The SMILES string of the molecule is Cc1nn(Cc2cccc(Cl)n2)cc1Cl. The van der Waals surface area contributed by atoms with Crippen LogP contribution in [-0.4, -0.2) is 14.8 Å². The van der Waals surface area contributed by atoms with Gasteiger partial charge in [0.15, 0.2) is 0 Å². The van der Waals surface area contributed by atoms with Crippen LogP contribution in [-0.2, 0) is 6.54 Å². The Bertz CT molecular complexity index is 460. The summed E-state index contributed by atoms with van der Waals surface area (Å²) in [4.78, 5) is 4.17. The predicted molar refractivity (Wildman–Crippen MR) is 60.3 cm³/mol. The number of pyridine rings is 1.